The first-order valence-corrected chi connectivity index (χ1v) is 6.18. The van der Waals surface area contributed by atoms with Crippen LogP contribution in [0.2, 0.25) is 0 Å². The summed E-state index contributed by atoms with van der Waals surface area (Å²) in [5, 5.41) is 0. The molecule has 5 heteroatoms. The molecule has 3 nitrogen and oxygen atoms in total. The van der Waals surface area contributed by atoms with Gasteiger partial charge in [-0.15, -0.1) is 0 Å². The van der Waals surface area contributed by atoms with Crippen molar-refractivity contribution in [2.75, 3.05) is 13.1 Å². The molecular weight excluding hydrogens is 241 g/mol. The lowest BCUT2D eigenvalue weighted by molar-refractivity contribution is -0.00624. The van der Waals surface area contributed by atoms with Crippen LogP contribution in [0, 0.1) is 0 Å². The lowest BCUT2D eigenvalue weighted by atomic mass is 10.2. The molecule has 17 heavy (non-hydrogen) atoms. The van der Waals surface area contributed by atoms with Crippen molar-refractivity contribution in [3.05, 3.63) is 30.3 Å². The van der Waals surface area contributed by atoms with Crippen molar-refractivity contribution >= 4 is 18.3 Å². The molecular formula is C12H14FNO2S. The van der Waals surface area contributed by atoms with Gasteiger partial charge in [-0.05, 0) is 31.0 Å². The maximum atomic E-state index is 12.0. The molecule has 1 saturated heterocycles. The van der Waals surface area contributed by atoms with Gasteiger partial charge in [0.15, 0.2) is 5.75 Å². The third-order valence-electron chi connectivity index (χ3n) is 2.59. The first kappa shape index (κ1) is 12.3. The summed E-state index contributed by atoms with van der Waals surface area (Å²) in [6.07, 6.45) is 4.03. The van der Waals surface area contributed by atoms with E-state index in [0.717, 1.165) is 13.1 Å². The molecule has 1 aliphatic rings. The van der Waals surface area contributed by atoms with Crippen LogP contribution in [-0.4, -0.2) is 17.4 Å². The van der Waals surface area contributed by atoms with Crippen LogP contribution in [-0.2, 0) is 0 Å². The number of hydrogen-bond acceptors (Lipinski definition) is 4. The highest BCUT2D eigenvalue weighted by Crippen LogP contribution is 2.30. The highest BCUT2D eigenvalue weighted by atomic mass is 32.2. The molecule has 0 amide bonds. The van der Waals surface area contributed by atoms with Gasteiger partial charge in [-0.2, -0.15) is 0 Å². The average Bonchev–Trinajstić information content (AvgIpc) is 2.89. The van der Waals surface area contributed by atoms with Gasteiger partial charge in [0.1, 0.15) is 18.0 Å². The van der Waals surface area contributed by atoms with Gasteiger partial charge < -0.3 is 4.18 Å². The maximum absolute atomic E-state index is 12.0. The maximum Gasteiger partial charge on any atom is 0.172 e. The van der Waals surface area contributed by atoms with E-state index >= 15 is 0 Å². The van der Waals surface area contributed by atoms with Crippen LogP contribution in [0.25, 0.3) is 6.08 Å². The molecule has 0 saturated carbocycles. The van der Waals surface area contributed by atoms with Gasteiger partial charge in [0.25, 0.3) is 0 Å². The van der Waals surface area contributed by atoms with Crippen molar-refractivity contribution in [1.29, 1.82) is 0 Å². The van der Waals surface area contributed by atoms with Crippen LogP contribution in [0.15, 0.2) is 24.8 Å². The van der Waals surface area contributed by atoms with E-state index < -0.39 is 0 Å². The summed E-state index contributed by atoms with van der Waals surface area (Å²) >= 11 is 1.33. The zero-order valence-electron chi connectivity index (χ0n) is 9.39. The monoisotopic (exact) mass is 255 g/mol. The first-order chi connectivity index (χ1) is 8.33. The van der Waals surface area contributed by atoms with Gasteiger partial charge in [-0.25, -0.2) is 4.31 Å². The minimum Gasteiger partial charge on any atom is -0.409 e. The Bertz CT molecular complexity index is 394. The number of hydrogen-bond donors (Lipinski definition) is 0. The average molecular weight is 255 g/mol. The summed E-state index contributed by atoms with van der Waals surface area (Å²) < 4.78 is 19.8. The Labute approximate surface area is 104 Å². The number of benzene rings is 1. The van der Waals surface area contributed by atoms with Crippen LogP contribution < -0.4 is 9.12 Å². The van der Waals surface area contributed by atoms with Crippen LogP contribution in [0.3, 0.4) is 0 Å². The summed E-state index contributed by atoms with van der Waals surface area (Å²) in [4.78, 5) is 3.67. The normalized spacial score (nSPS) is 15.8. The van der Waals surface area contributed by atoms with Crippen LogP contribution in [0.1, 0.15) is 18.4 Å². The molecule has 1 fully saturated rings. The number of nitrogens with zero attached hydrogens (tertiary/aromatic N) is 1. The van der Waals surface area contributed by atoms with Crippen LogP contribution >= 0.6 is 12.2 Å². The summed E-state index contributed by atoms with van der Waals surface area (Å²) in [6.45, 7) is 5.75. The third-order valence-corrected chi connectivity index (χ3v) is 3.42. The fourth-order valence-electron chi connectivity index (χ4n) is 1.67. The lowest BCUT2D eigenvalue weighted by Gasteiger charge is -2.14. The zero-order valence-corrected chi connectivity index (χ0v) is 10.2. The summed E-state index contributed by atoms with van der Waals surface area (Å²) in [5.41, 5.74) is 0.715. The van der Waals surface area contributed by atoms with Gasteiger partial charge in [-0.1, -0.05) is 12.7 Å². The molecule has 0 aliphatic carbocycles. The molecule has 0 bridgehead atoms. The molecule has 0 aromatic heterocycles. The summed E-state index contributed by atoms with van der Waals surface area (Å²) in [5.74, 6) is 0.816. The molecule has 2 rings (SSSR count). The second-order valence-electron chi connectivity index (χ2n) is 3.77. The van der Waals surface area contributed by atoms with Crippen molar-refractivity contribution in [1.82, 2.24) is 4.31 Å². The standard InChI is InChI=1S/C12H14FNO2S/c1-2-10-9-11(15-13)5-6-12(10)16-17-14-7-3-4-8-14/h2,5-6,9H,1,3-4,7-8H2. The largest absolute Gasteiger partial charge is 0.409 e. The second-order valence-corrected chi connectivity index (χ2v) is 4.61. The Morgan fingerprint density at radius 1 is 1.35 bits per heavy atom. The molecule has 1 heterocycles. The SMILES string of the molecule is C=Cc1cc(OF)ccc1OSN1CCCC1. The predicted octanol–water partition coefficient (Wildman–Crippen LogP) is 3.63. The summed E-state index contributed by atoms with van der Waals surface area (Å²) in [7, 11) is 0. The predicted molar refractivity (Wildman–Crippen MR) is 67.3 cm³/mol. The van der Waals surface area contributed by atoms with Crippen molar-refractivity contribution in [2.45, 2.75) is 12.8 Å². The summed E-state index contributed by atoms with van der Waals surface area (Å²) in [6, 6.07) is 4.74. The Kier molecular flexibility index (Phi) is 4.28. The quantitative estimate of drug-likeness (QED) is 0.591. The van der Waals surface area contributed by atoms with Gasteiger partial charge in [0, 0.05) is 23.2 Å². The first-order valence-electron chi connectivity index (χ1n) is 5.48. The Morgan fingerprint density at radius 3 is 2.76 bits per heavy atom. The van der Waals surface area contributed by atoms with Crippen LogP contribution in [0.4, 0.5) is 4.53 Å². The minimum atomic E-state index is 0.151. The topological polar surface area (TPSA) is 21.7 Å². The smallest absolute Gasteiger partial charge is 0.172 e. The molecule has 0 spiro atoms. The number of rotatable bonds is 5. The number of halogens is 1. The van der Waals surface area contributed by atoms with Crippen molar-refractivity contribution < 1.29 is 13.7 Å². The van der Waals surface area contributed by atoms with E-state index in [0.29, 0.717) is 11.3 Å². The van der Waals surface area contributed by atoms with E-state index in [2.05, 4.69) is 15.8 Å². The molecule has 1 aromatic rings. The Balaban J connectivity index is 2.01. The van der Waals surface area contributed by atoms with Crippen molar-refractivity contribution in [3.8, 4) is 11.5 Å². The van der Waals surface area contributed by atoms with Gasteiger partial charge in [0.05, 0.1) is 0 Å². The molecule has 92 valence electrons. The molecule has 0 atom stereocenters. The van der Waals surface area contributed by atoms with Gasteiger partial charge in [0.2, 0.25) is 0 Å². The highest BCUT2D eigenvalue weighted by Gasteiger charge is 2.14. The third kappa shape index (κ3) is 3.14. The van der Waals surface area contributed by atoms with Crippen LogP contribution in [0.5, 0.6) is 11.5 Å². The molecule has 0 unspecified atom stereocenters. The Hall–Kier alpha value is -1.20. The second kappa shape index (κ2) is 5.93. The molecule has 1 aromatic carbocycles. The fourth-order valence-corrected chi connectivity index (χ4v) is 2.41. The van der Waals surface area contributed by atoms with E-state index in [4.69, 9.17) is 4.18 Å². The lowest BCUT2D eigenvalue weighted by Crippen LogP contribution is -2.11. The molecule has 0 N–H and O–H groups in total. The van der Waals surface area contributed by atoms with E-state index in [9.17, 15) is 4.53 Å². The van der Waals surface area contributed by atoms with E-state index in [-0.39, 0.29) is 5.75 Å². The van der Waals surface area contributed by atoms with Gasteiger partial charge >= 0.3 is 0 Å². The van der Waals surface area contributed by atoms with E-state index in [1.165, 1.54) is 31.1 Å². The van der Waals surface area contributed by atoms with Crippen molar-refractivity contribution in [3.63, 3.8) is 0 Å². The highest BCUT2D eigenvalue weighted by molar-refractivity contribution is 7.92. The molecule has 0 radical (unpaired) electrons. The molecule has 1 aliphatic heterocycles. The Morgan fingerprint density at radius 2 is 2.12 bits per heavy atom. The minimum absolute atomic E-state index is 0.151. The van der Waals surface area contributed by atoms with E-state index in [1.54, 1.807) is 18.2 Å². The zero-order chi connectivity index (χ0) is 12.1. The fraction of sp³-hybridized carbons (Fsp3) is 0.333. The van der Waals surface area contributed by atoms with Crippen molar-refractivity contribution in [2.24, 2.45) is 0 Å². The van der Waals surface area contributed by atoms with E-state index in [1.807, 2.05) is 0 Å². The van der Waals surface area contributed by atoms with Gasteiger partial charge in [-0.3, -0.25) is 4.94 Å².